The Labute approximate surface area is 128 Å². The molecule has 1 aromatic carbocycles. The molecule has 1 aromatic rings. The molecule has 0 aliphatic rings. The molecule has 1 atom stereocenters. The molecular formula is C17H28N2O2. The van der Waals surface area contributed by atoms with Gasteiger partial charge in [-0.15, -0.1) is 0 Å². The van der Waals surface area contributed by atoms with Gasteiger partial charge in [-0.3, -0.25) is 9.69 Å². The SMILES string of the molecule is CCN(Cc1ccc(C(=O)NCC(C)CO)cc1)C(C)C. The van der Waals surface area contributed by atoms with Crippen LogP contribution in [-0.4, -0.2) is 41.7 Å². The van der Waals surface area contributed by atoms with Crippen molar-refractivity contribution in [3.05, 3.63) is 35.4 Å². The molecule has 0 radical (unpaired) electrons. The van der Waals surface area contributed by atoms with Crippen LogP contribution in [0.4, 0.5) is 0 Å². The third kappa shape index (κ3) is 5.86. The standard InChI is InChI=1S/C17H28N2O2/c1-5-19(13(2)3)11-15-6-8-16(9-7-15)17(21)18-10-14(4)12-20/h6-9,13-14,20H,5,10-12H2,1-4H3,(H,18,21). The van der Waals surface area contributed by atoms with Crippen LogP contribution in [0.5, 0.6) is 0 Å². The molecule has 2 N–H and O–H groups in total. The Morgan fingerprint density at radius 1 is 1.24 bits per heavy atom. The number of amides is 1. The molecule has 4 heteroatoms. The molecule has 0 aromatic heterocycles. The largest absolute Gasteiger partial charge is 0.396 e. The van der Waals surface area contributed by atoms with Crippen LogP contribution in [0.1, 0.15) is 43.6 Å². The lowest BCUT2D eigenvalue weighted by atomic mass is 10.1. The molecule has 0 aliphatic carbocycles. The summed E-state index contributed by atoms with van der Waals surface area (Å²) in [5, 5.41) is 11.8. The summed E-state index contributed by atoms with van der Waals surface area (Å²) in [6.45, 7) is 10.9. The summed E-state index contributed by atoms with van der Waals surface area (Å²) in [5.74, 6) is -0.00423. The Hall–Kier alpha value is -1.39. The first-order valence-electron chi connectivity index (χ1n) is 7.70. The summed E-state index contributed by atoms with van der Waals surface area (Å²) < 4.78 is 0. The fraction of sp³-hybridized carbons (Fsp3) is 0.588. The minimum Gasteiger partial charge on any atom is -0.396 e. The van der Waals surface area contributed by atoms with Crippen molar-refractivity contribution in [2.24, 2.45) is 5.92 Å². The van der Waals surface area contributed by atoms with Gasteiger partial charge in [-0.1, -0.05) is 26.0 Å². The Kier molecular flexibility index (Phi) is 7.40. The van der Waals surface area contributed by atoms with Gasteiger partial charge in [0.15, 0.2) is 0 Å². The summed E-state index contributed by atoms with van der Waals surface area (Å²) in [7, 11) is 0. The monoisotopic (exact) mass is 292 g/mol. The molecule has 0 aliphatic heterocycles. The van der Waals surface area contributed by atoms with Crippen molar-refractivity contribution in [1.29, 1.82) is 0 Å². The van der Waals surface area contributed by atoms with Gasteiger partial charge >= 0.3 is 0 Å². The van der Waals surface area contributed by atoms with Crippen LogP contribution in [0, 0.1) is 5.92 Å². The van der Waals surface area contributed by atoms with Gasteiger partial charge < -0.3 is 10.4 Å². The average molecular weight is 292 g/mol. The Bertz CT molecular complexity index is 429. The topological polar surface area (TPSA) is 52.6 Å². The number of rotatable bonds is 8. The zero-order chi connectivity index (χ0) is 15.8. The first-order valence-corrected chi connectivity index (χ1v) is 7.70. The average Bonchev–Trinajstić information content (AvgIpc) is 2.50. The normalized spacial score (nSPS) is 12.7. The molecular weight excluding hydrogens is 264 g/mol. The Morgan fingerprint density at radius 3 is 2.33 bits per heavy atom. The first kappa shape index (κ1) is 17.7. The van der Waals surface area contributed by atoms with Crippen LogP contribution in [0.2, 0.25) is 0 Å². The minimum atomic E-state index is -0.0851. The third-order valence-corrected chi connectivity index (χ3v) is 3.66. The number of carbonyl (C=O) groups excluding carboxylic acids is 1. The molecule has 1 rings (SSSR count). The molecule has 1 unspecified atom stereocenters. The van der Waals surface area contributed by atoms with Gasteiger partial charge in [-0.25, -0.2) is 0 Å². The van der Waals surface area contributed by atoms with E-state index in [2.05, 4.69) is 31.0 Å². The molecule has 0 saturated heterocycles. The second kappa shape index (κ2) is 8.80. The lowest BCUT2D eigenvalue weighted by molar-refractivity contribution is 0.0942. The number of nitrogens with zero attached hydrogens (tertiary/aromatic N) is 1. The highest BCUT2D eigenvalue weighted by Crippen LogP contribution is 2.10. The van der Waals surface area contributed by atoms with Crippen LogP contribution >= 0.6 is 0 Å². The van der Waals surface area contributed by atoms with Crippen molar-refractivity contribution < 1.29 is 9.90 Å². The predicted octanol–water partition coefficient (Wildman–Crippen LogP) is 2.28. The maximum absolute atomic E-state index is 12.0. The fourth-order valence-corrected chi connectivity index (χ4v) is 2.09. The Balaban J connectivity index is 2.59. The van der Waals surface area contributed by atoms with Crippen molar-refractivity contribution in [1.82, 2.24) is 10.2 Å². The van der Waals surface area contributed by atoms with E-state index in [1.54, 1.807) is 0 Å². The molecule has 0 bridgehead atoms. The van der Waals surface area contributed by atoms with E-state index in [4.69, 9.17) is 5.11 Å². The van der Waals surface area contributed by atoms with Gasteiger partial charge in [0.25, 0.3) is 5.91 Å². The summed E-state index contributed by atoms with van der Waals surface area (Å²) in [6, 6.07) is 8.26. The van der Waals surface area contributed by atoms with Crippen molar-refractivity contribution >= 4 is 5.91 Å². The molecule has 118 valence electrons. The lowest BCUT2D eigenvalue weighted by Gasteiger charge is -2.24. The van der Waals surface area contributed by atoms with Crippen LogP contribution in [0.3, 0.4) is 0 Å². The molecule has 0 spiro atoms. The summed E-state index contributed by atoms with van der Waals surface area (Å²) in [6.07, 6.45) is 0. The number of hydrogen-bond donors (Lipinski definition) is 2. The maximum Gasteiger partial charge on any atom is 0.251 e. The van der Waals surface area contributed by atoms with Crippen LogP contribution < -0.4 is 5.32 Å². The second-order valence-electron chi connectivity index (χ2n) is 5.85. The smallest absolute Gasteiger partial charge is 0.251 e. The molecule has 1 amide bonds. The van der Waals surface area contributed by atoms with Crippen molar-refractivity contribution in [3.8, 4) is 0 Å². The van der Waals surface area contributed by atoms with Crippen molar-refractivity contribution in [2.75, 3.05) is 19.7 Å². The van der Waals surface area contributed by atoms with E-state index in [0.29, 0.717) is 18.2 Å². The highest BCUT2D eigenvalue weighted by atomic mass is 16.3. The predicted molar refractivity (Wildman–Crippen MR) is 86.2 cm³/mol. The van der Waals surface area contributed by atoms with Gasteiger partial charge in [0.2, 0.25) is 0 Å². The zero-order valence-electron chi connectivity index (χ0n) is 13.6. The number of carbonyl (C=O) groups is 1. The van der Waals surface area contributed by atoms with E-state index < -0.39 is 0 Å². The zero-order valence-corrected chi connectivity index (χ0v) is 13.6. The van der Waals surface area contributed by atoms with Crippen molar-refractivity contribution in [3.63, 3.8) is 0 Å². The van der Waals surface area contributed by atoms with Crippen LogP contribution in [-0.2, 0) is 6.54 Å². The first-order chi connectivity index (χ1) is 9.97. The van der Waals surface area contributed by atoms with Crippen LogP contribution in [0.15, 0.2) is 24.3 Å². The van der Waals surface area contributed by atoms with Gasteiger partial charge in [0.05, 0.1) is 0 Å². The number of hydrogen-bond acceptors (Lipinski definition) is 3. The summed E-state index contributed by atoms with van der Waals surface area (Å²) >= 11 is 0. The minimum absolute atomic E-state index is 0.0809. The number of nitrogens with one attached hydrogen (secondary N) is 1. The van der Waals surface area contributed by atoms with E-state index in [-0.39, 0.29) is 18.4 Å². The van der Waals surface area contributed by atoms with Crippen LogP contribution in [0.25, 0.3) is 0 Å². The van der Waals surface area contributed by atoms with E-state index in [9.17, 15) is 4.79 Å². The van der Waals surface area contributed by atoms with Gasteiger partial charge in [0.1, 0.15) is 0 Å². The van der Waals surface area contributed by atoms with Gasteiger partial charge in [-0.05, 0) is 44.0 Å². The van der Waals surface area contributed by atoms with E-state index in [1.807, 2.05) is 31.2 Å². The van der Waals surface area contributed by atoms with Crippen molar-refractivity contribution in [2.45, 2.75) is 40.3 Å². The molecule has 4 nitrogen and oxygen atoms in total. The fourth-order valence-electron chi connectivity index (χ4n) is 2.09. The molecule has 0 saturated carbocycles. The highest BCUT2D eigenvalue weighted by Gasteiger charge is 2.10. The number of aliphatic hydroxyl groups excluding tert-OH is 1. The quantitative estimate of drug-likeness (QED) is 0.773. The molecule has 21 heavy (non-hydrogen) atoms. The maximum atomic E-state index is 12.0. The van der Waals surface area contributed by atoms with Gasteiger partial charge in [-0.2, -0.15) is 0 Å². The summed E-state index contributed by atoms with van der Waals surface area (Å²) in [4.78, 5) is 14.3. The third-order valence-electron chi connectivity index (χ3n) is 3.66. The molecule has 0 fully saturated rings. The van der Waals surface area contributed by atoms with E-state index in [0.717, 1.165) is 13.1 Å². The second-order valence-corrected chi connectivity index (χ2v) is 5.85. The van der Waals surface area contributed by atoms with E-state index >= 15 is 0 Å². The van der Waals surface area contributed by atoms with E-state index in [1.165, 1.54) is 5.56 Å². The lowest BCUT2D eigenvalue weighted by Crippen LogP contribution is -2.30. The summed E-state index contributed by atoms with van der Waals surface area (Å²) in [5.41, 5.74) is 1.88. The Morgan fingerprint density at radius 2 is 1.86 bits per heavy atom. The van der Waals surface area contributed by atoms with Gasteiger partial charge in [0, 0.05) is 31.3 Å². The number of aliphatic hydroxyl groups is 1. The molecule has 0 heterocycles. The number of benzene rings is 1. The highest BCUT2D eigenvalue weighted by molar-refractivity contribution is 5.94.